The Hall–Kier alpha value is -4.00. The van der Waals surface area contributed by atoms with E-state index in [1.54, 1.807) is 84.9 Å². The van der Waals surface area contributed by atoms with Crippen molar-refractivity contribution in [2.75, 3.05) is 0 Å². The summed E-state index contributed by atoms with van der Waals surface area (Å²) in [5.74, 6) is 0.901. The molecule has 260 valence electrons. The molecule has 0 saturated heterocycles. The Labute approximate surface area is 351 Å². The van der Waals surface area contributed by atoms with Crippen molar-refractivity contribution in [3.05, 3.63) is 140 Å². The average molecular weight is 791 g/mol. The van der Waals surface area contributed by atoms with E-state index in [2.05, 4.69) is 6.07 Å². The van der Waals surface area contributed by atoms with Crippen LogP contribution in [0.1, 0.15) is 0 Å². The van der Waals surface area contributed by atoms with Gasteiger partial charge in [0.2, 0.25) is 0 Å². The van der Waals surface area contributed by atoms with Gasteiger partial charge in [-0.15, -0.1) is 24.8 Å². The van der Waals surface area contributed by atoms with Gasteiger partial charge in [-0.25, -0.2) is 16.8 Å². The summed E-state index contributed by atoms with van der Waals surface area (Å²) in [5, 5.41) is 19.0. The van der Waals surface area contributed by atoms with Crippen LogP contribution in [0.4, 0.5) is 0 Å². The van der Waals surface area contributed by atoms with E-state index in [9.17, 15) is 31.6 Å². The number of benzene rings is 6. The van der Waals surface area contributed by atoms with Crippen LogP contribution in [0, 0.1) is 6.07 Å². The predicted molar refractivity (Wildman–Crippen MR) is 182 cm³/mol. The maximum atomic E-state index is 13.4. The molecule has 0 aliphatic carbocycles. The number of phenolic OH excluding ortho intramolecular Hbond substituents is 2. The molecule has 0 saturated carbocycles. The second-order valence-corrected chi connectivity index (χ2v) is 14.2. The van der Waals surface area contributed by atoms with Crippen LogP contribution in [0.2, 0.25) is 0 Å². The topological polar surface area (TPSA) is 201 Å². The van der Waals surface area contributed by atoms with Crippen molar-refractivity contribution in [3.8, 4) is 56.8 Å². The van der Waals surface area contributed by atoms with E-state index >= 15 is 0 Å². The van der Waals surface area contributed by atoms with E-state index in [0.29, 0.717) is 5.75 Å². The van der Waals surface area contributed by atoms with Gasteiger partial charge >= 0.3 is 69.7 Å². The summed E-state index contributed by atoms with van der Waals surface area (Å²) in [7, 11) is -12.5. The maximum Gasteiger partial charge on any atom is 1.00 e. The van der Waals surface area contributed by atoms with Crippen LogP contribution in [-0.2, 0) is 30.6 Å². The minimum absolute atomic E-state index is 0. The Morgan fingerprint density at radius 1 is 0.547 bits per heavy atom. The fraction of sp³-hybridized carbons (Fsp3) is 0. The Morgan fingerprint density at radius 3 is 1.34 bits per heavy atom. The van der Waals surface area contributed by atoms with Gasteiger partial charge in [0, 0.05) is 5.75 Å². The molecule has 0 amide bonds. The molecule has 0 unspecified atom stereocenters. The smallest absolute Gasteiger partial charge is 0.744 e. The van der Waals surface area contributed by atoms with Gasteiger partial charge in [-0.1, -0.05) is 48.5 Å². The largest absolute Gasteiger partial charge is 1.00 e. The van der Waals surface area contributed by atoms with Gasteiger partial charge in [0.25, 0.3) is 0 Å². The summed E-state index contributed by atoms with van der Waals surface area (Å²) >= 11 is 0. The van der Waals surface area contributed by atoms with E-state index in [1.807, 2.05) is 12.1 Å². The van der Waals surface area contributed by atoms with Crippen LogP contribution in [0.15, 0.2) is 148 Å². The molecule has 0 aromatic heterocycles. The number of aromatic hydroxyl groups is 2. The zero-order valence-electron chi connectivity index (χ0n) is 27.9. The molecule has 0 atom stereocenters. The molecule has 17 heteroatoms. The van der Waals surface area contributed by atoms with Crippen molar-refractivity contribution in [1.29, 1.82) is 0 Å². The maximum absolute atomic E-state index is 13.4. The van der Waals surface area contributed by atoms with E-state index in [4.69, 9.17) is 22.1 Å². The van der Waals surface area contributed by atoms with Crippen molar-refractivity contribution in [3.63, 3.8) is 0 Å². The normalized spacial score (nSPS) is 10.7. The first kappa shape index (κ1) is 43.4. The van der Waals surface area contributed by atoms with Crippen molar-refractivity contribution in [2.24, 2.45) is 0 Å². The molecule has 2 N–H and O–H groups in total. The van der Waals surface area contributed by atoms with Crippen LogP contribution in [0.25, 0.3) is 22.3 Å². The molecule has 0 aliphatic rings. The first-order chi connectivity index (χ1) is 24.2. The van der Waals surface area contributed by atoms with Gasteiger partial charge in [0.1, 0.15) is 38.9 Å². The van der Waals surface area contributed by atoms with Crippen molar-refractivity contribution in [1.82, 2.24) is 0 Å². The van der Waals surface area contributed by atoms with Crippen molar-refractivity contribution in [2.45, 2.75) is 14.7 Å². The predicted octanol–water partition coefficient (Wildman–Crippen LogP) is 0.557. The first-order valence-electron chi connectivity index (χ1n) is 14.5. The van der Waals surface area contributed by atoms with Crippen LogP contribution < -0.4 is 68.6 Å². The van der Waals surface area contributed by atoms with Gasteiger partial charge in [0.15, 0.2) is 9.84 Å². The SMILES string of the molecule is O=S(=O)([O-])c1cc(S(=O)(=O)c2c[c-]c(Oc3ccc(-c4ccc(O)cc4)cc3)cc2)ccc1Oc1ccc(-c2ccc(O)cc2)cc1.O=S(=O)=O.[Na+].[Na+]. The number of hydrogen-bond donors (Lipinski definition) is 2. The fourth-order valence-electron chi connectivity index (χ4n) is 4.69. The van der Waals surface area contributed by atoms with Gasteiger partial charge in [0.05, 0.1) is 9.79 Å². The van der Waals surface area contributed by atoms with Crippen LogP contribution in [0.5, 0.6) is 34.5 Å². The third-order valence-electron chi connectivity index (χ3n) is 7.13. The summed E-state index contributed by atoms with van der Waals surface area (Å²) in [4.78, 5) is -1.45. The van der Waals surface area contributed by atoms with Gasteiger partial charge in [-0.2, -0.15) is 12.1 Å². The van der Waals surface area contributed by atoms with Gasteiger partial charge in [-0.05, 0) is 93.9 Å². The van der Waals surface area contributed by atoms with E-state index in [-0.39, 0.29) is 92.8 Å². The van der Waals surface area contributed by atoms with E-state index in [1.165, 1.54) is 18.2 Å². The molecule has 12 nitrogen and oxygen atoms in total. The Kier molecular flexibility index (Phi) is 15.4. The molecule has 0 bridgehead atoms. The zero-order chi connectivity index (χ0) is 36.8. The van der Waals surface area contributed by atoms with Crippen molar-refractivity contribution >= 4 is 30.6 Å². The molecule has 0 aliphatic heterocycles. The van der Waals surface area contributed by atoms with Gasteiger partial charge in [-0.3, -0.25) is 0 Å². The molecule has 53 heavy (non-hydrogen) atoms. The van der Waals surface area contributed by atoms with Crippen molar-refractivity contribution < 1.29 is 113 Å². The quantitative estimate of drug-likeness (QED) is 0.117. The second-order valence-electron chi connectivity index (χ2n) is 10.5. The molecule has 6 rings (SSSR count). The zero-order valence-corrected chi connectivity index (χ0v) is 34.4. The minimum Gasteiger partial charge on any atom is -0.744 e. The minimum atomic E-state index is -5.14. The third kappa shape index (κ3) is 11.7. The number of rotatable bonds is 9. The van der Waals surface area contributed by atoms with Crippen LogP contribution in [-0.4, -0.2) is 44.2 Å². The molecule has 6 aromatic carbocycles. The first-order valence-corrected chi connectivity index (χ1v) is 18.4. The van der Waals surface area contributed by atoms with E-state index in [0.717, 1.165) is 40.5 Å². The Morgan fingerprint density at radius 2 is 0.943 bits per heavy atom. The molecule has 0 spiro atoms. The molecule has 0 heterocycles. The average Bonchev–Trinajstić information content (AvgIpc) is 3.09. The standard InChI is InChI=1S/C36H25O9S2.2Na.O3S/c37-28-9-1-24(2-10-28)26-5-13-30(14-6-26)44-31-17-19-33(20-18-31)46(39,40)34-21-22-35(36(23-34)47(41,42)43)45-32-15-7-27(8-16-32)25-3-11-29(38)12-4-25;;;1-4(2)3/h1-17,19-23,37-38H,(H,41,42,43);;;/q-1;2*+1;/p-1. The second kappa shape index (κ2) is 18.9. The monoisotopic (exact) mass is 790 g/mol. The fourth-order valence-corrected chi connectivity index (χ4v) is 6.65. The Balaban J connectivity index is 0.00000120. The number of sulfone groups is 1. The molecule has 0 fully saturated rings. The summed E-state index contributed by atoms with van der Waals surface area (Å²) in [6, 6.07) is 36.7. The number of hydrogen-bond acceptors (Lipinski definition) is 12. The van der Waals surface area contributed by atoms with Gasteiger partial charge < -0.3 is 24.2 Å². The number of ether oxygens (including phenoxy) is 2. The summed E-state index contributed by atoms with van der Waals surface area (Å²) in [5.41, 5.74) is 3.43. The van der Waals surface area contributed by atoms with Crippen LogP contribution >= 0.6 is 0 Å². The van der Waals surface area contributed by atoms with Crippen LogP contribution in [0.3, 0.4) is 0 Å². The summed E-state index contributed by atoms with van der Waals surface area (Å²) in [6.45, 7) is 0. The van der Waals surface area contributed by atoms with E-state index < -0.39 is 40.4 Å². The molecular formula is C36H24Na2O12S3. The summed E-state index contributed by atoms with van der Waals surface area (Å²) < 4.78 is 100. The molecule has 0 radical (unpaired) electrons. The Bertz CT molecular complexity index is 2490. The molecular weight excluding hydrogens is 767 g/mol. The third-order valence-corrected chi connectivity index (χ3v) is 9.73. The summed E-state index contributed by atoms with van der Waals surface area (Å²) in [6.07, 6.45) is 0. The molecule has 6 aromatic rings. The number of phenols is 2.